The number of hydrogen-bond acceptors (Lipinski definition) is 4. The van der Waals surface area contributed by atoms with Gasteiger partial charge in [-0.3, -0.25) is 0 Å². The number of benzene rings is 6. The van der Waals surface area contributed by atoms with Gasteiger partial charge in [-0.05, 0) is 88.2 Å². The summed E-state index contributed by atoms with van der Waals surface area (Å²) in [7, 11) is 0. The largest absolute Gasteiger partial charge is 0.311 e. The Balaban J connectivity index is 1.42. The maximum absolute atomic E-state index is 5.33. The van der Waals surface area contributed by atoms with Crippen LogP contribution >= 0.6 is 0 Å². The van der Waals surface area contributed by atoms with Crippen LogP contribution in [-0.2, 0) is 0 Å². The van der Waals surface area contributed by atoms with Gasteiger partial charge in [-0.1, -0.05) is 78.9 Å². The molecule has 0 saturated carbocycles. The normalized spacial score (nSPS) is 13.4. The van der Waals surface area contributed by atoms with Gasteiger partial charge in [0, 0.05) is 34.1 Å². The molecule has 4 nitrogen and oxygen atoms in total. The number of anilines is 6. The zero-order valence-electron chi connectivity index (χ0n) is 23.1. The van der Waals surface area contributed by atoms with Crippen molar-refractivity contribution in [2.75, 3.05) is 9.80 Å². The number of nitrogens with zero attached hydrogens (tertiary/aromatic N) is 4. The van der Waals surface area contributed by atoms with Gasteiger partial charge in [0.25, 0.3) is 6.71 Å². The van der Waals surface area contributed by atoms with Crippen LogP contribution in [0.25, 0.3) is 33.5 Å². The Morgan fingerprint density at radius 3 is 1.23 bits per heavy atom. The first-order chi connectivity index (χ1) is 21.4. The van der Waals surface area contributed by atoms with Gasteiger partial charge in [-0.2, -0.15) is 0 Å². The number of para-hydroxylation sites is 4. The summed E-state index contributed by atoms with van der Waals surface area (Å²) in [6.45, 7) is 0.0302. The number of rotatable bonds is 2. The summed E-state index contributed by atoms with van der Waals surface area (Å²) in [5.41, 5.74) is 17.0. The lowest BCUT2D eigenvalue weighted by atomic mass is 9.32. The highest BCUT2D eigenvalue weighted by molar-refractivity contribution is 7.02. The molecule has 10 rings (SSSR count). The predicted octanol–water partition coefficient (Wildman–Crippen LogP) is 7.36. The molecule has 1 aromatic heterocycles. The Bertz CT molecular complexity index is 2110. The fourth-order valence-electron chi connectivity index (χ4n) is 7.52. The van der Waals surface area contributed by atoms with E-state index in [1.807, 2.05) is 12.1 Å². The van der Waals surface area contributed by atoms with Crippen LogP contribution in [0, 0.1) is 0 Å². The fraction of sp³-hybridized carbons (Fsp3) is 0. The topological polar surface area (TPSA) is 32.3 Å². The second-order valence-electron chi connectivity index (χ2n) is 11.4. The van der Waals surface area contributed by atoms with Gasteiger partial charge < -0.3 is 9.80 Å². The second kappa shape index (κ2) is 8.43. The van der Waals surface area contributed by atoms with Crippen molar-refractivity contribution in [1.82, 2.24) is 9.97 Å². The van der Waals surface area contributed by atoms with E-state index in [4.69, 9.17) is 9.97 Å². The number of hydrogen-bond donors (Lipinski definition) is 0. The second-order valence-corrected chi connectivity index (χ2v) is 11.4. The van der Waals surface area contributed by atoms with Crippen LogP contribution in [0.2, 0.25) is 0 Å². The van der Waals surface area contributed by atoms with Gasteiger partial charge >= 0.3 is 0 Å². The van der Waals surface area contributed by atoms with E-state index in [-0.39, 0.29) is 6.71 Å². The average molecular weight is 546 g/mol. The lowest BCUT2D eigenvalue weighted by Crippen LogP contribution is -2.61. The lowest BCUT2D eigenvalue weighted by Gasteiger charge is -2.44. The highest BCUT2D eigenvalue weighted by Crippen LogP contribution is 2.47. The van der Waals surface area contributed by atoms with Crippen LogP contribution < -0.4 is 26.2 Å². The molecule has 7 aromatic rings. The van der Waals surface area contributed by atoms with Crippen LogP contribution in [0.4, 0.5) is 34.1 Å². The Kier molecular flexibility index (Phi) is 4.50. The van der Waals surface area contributed by atoms with Crippen molar-refractivity contribution in [2.24, 2.45) is 0 Å². The summed E-state index contributed by atoms with van der Waals surface area (Å²) in [6, 6.07) is 49.8. The summed E-state index contributed by atoms with van der Waals surface area (Å²) >= 11 is 0. The molecule has 0 fully saturated rings. The third-order valence-corrected chi connectivity index (χ3v) is 9.17. The van der Waals surface area contributed by atoms with E-state index in [2.05, 4.69) is 137 Å². The molecule has 6 aromatic carbocycles. The van der Waals surface area contributed by atoms with Gasteiger partial charge in [0.05, 0.1) is 22.4 Å². The monoisotopic (exact) mass is 546 g/mol. The molecule has 3 aliphatic rings. The van der Waals surface area contributed by atoms with Crippen molar-refractivity contribution in [1.29, 1.82) is 0 Å². The van der Waals surface area contributed by atoms with Gasteiger partial charge in [0.15, 0.2) is 0 Å². The minimum atomic E-state index is 0.0302. The molecule has 5 heteroatoms. The highest BCUT2D eigenvalue weighted by atomic mass is 15.2. The molecular weight excluding hydrogens is 523 g/mol. The van der Waals surface area contributed by atoms with Crippen LogP contribution in [0.3, 0.4) is 0 Å². The minimum Gasteiger partial charge on any atom is -0.311 e. The van der Waals surface area contributed by atoms with Crippen molar-refractivity contribution >= 4 is 68.3 Å². The van der Waals surface area contributed by atoms with Crippen molar-refractivity contribution in [3.8, 4) is 22.5 Å². The lowest BCUT2D eigenvalue weighted by molar-refractivity contribution is 1.25. The standard InChI is InChI=1S/C38H23BN4/c1-3-12-24(13-4-1)42-30-20-9-16-26-34(30)39-35-27(38-37(26)40-28-18-7-8-19-29(28)41-38)17-10-21-31(35)43(25-14-5-2-6-15-25)33-23-11-22-32(42)36(33)39/h1-23H. The SMILES string of the molecule is c1ccc(N2c3cccc4c3B3c5c(cccc5N(c5ccccc5)c5cccc2c53)-c2nc3ccccc3nc2-4)cc1. The molecule has 3 aliphatic heterocycles. The predicted molar refractivity (Wildman–Crippen MR) is 178 cm³/mol. The van der Waals surface area contributed by atoms with E-state index in [9.17, 15) is 0 Å². The first-order valence-corrected chi connectivity index (χ1v) is 14.7. The Hall–Kier alpha value is -5.68. The smallest absolute Gasteiger partial charge is 0.253 e. The summed E-state index contributed by atoms with van der Waals surface area (Å²) in [5, 5.41) is 0. The molecule has 0 aliphatic carbocycles. The molecule has 43 heavy (non-hydrogen) atoms. The van der Waals surface area contributed by atoms with E-state index < -0.39 is 0 Å². The highest BCUT2D eigenvalue weighted by Gasteiger charge is 2.47. The van der Waals surface area contributed by atoms with Gasteiger partial charge in [-0.15, -0.1) is 0 Å². The summed E-state index contributed by atoms with van der Waals surface area (Å²) in [4.78, 5) is 15.5. The fourth-order valence-corrected chi connectivity index (χ4v) is 7.52. The zero-order chi connectivity index (χ0) is 28.1. The number of aromatic nitrogens is 2. The van der Waals surface area contributed by atoms with Crippen LogP contribution in [-0.4, -0.2) is 16.7 Å². The molecule has 198 valence electrons. The third-order valence-electron chi connectivity index (χ3n) is 9.17. The van der Waals surface area contributed by atoms with E-state index in [1.54, 1.807) is 0 Å². The van der Waals surface area contributed by atoms with Crippen molar-refractivity contribution in [3.63, 3.8) is 0 Å². The van der Waals surface area contributed by atoms with Crippen LogP contribution in [0.5, 0.6) is 0 Å². The van der Waals surface area contributed by atoms with Gasteiger partial charge in [0.1, 0.15) is 0 Å². The quantitative estimate of drug-likeness (QED) is 0.212. The van der Waals surface area contributed by atoms with Crippen LogP contribution in [0.1, 0.15) is 0 Å². The summed E-state index contributed by atoms with van der Waals surface area (Å²) in [6.07, 6.45) is 0. The molecule has 4 heterocycles. The average Bonchev–Trinajstić information content (AvgIpc) is 3.19. The third kappa shape index (κ3) is 3.01. The Labute approximate surface area is 249 Å². The molecule has 0 saturated heterocycles. The maximum Gasteiger partial charge on any atom is 0.253 e. The van der Waals surface area contributed by atoms with Crippen molar-refractivity contribution in [2.45, 2.75) is 0 Å². The molecule has 0 radical (unpaired) electrons. The van der Waals surface area contributed by atoms with E-state index >= 15 is 0 Å². The number of fused-ring (bicyclic) bond motifs is 4. The Morgan fingerprint density at radius 2 is 0.767 bits per heavy atom. The first-order valence-electron chi connectivity index (χ1n) is 14.7. The molecule has 0 bridgehead atoms. The van der Waals surface area contributed by atoms with E-state index in [1.165, 1.54) is 39.1 Å². The molecule has 0 unspecified atom stereocenters. The molecule has 0 amide bonds. The van der Waals surface area contributed by atoms with Gasteiger partial charge in [-0.25, -0.2) is 9.97 Å². The molecule has 0 spiro atoms. The summed E-state index contributed by atoms with van der Waals surface area (Å²) < 4.78 is 0. The zero-order valence-corrected chi connectivity index (χ0v) is 23.1. The van der Waals surface area contributed by atoms with Crippen molar-refractivity contribution < 1.29 is 0 Å². The summed E-state index contributed by atoms with van der Waals surface area (Å²) in [5.74, 6) is 0. The van der Waals surface area contributed by atoms with Crippen molar-refractivity contribution in [3.05, 3.63) is 140 Å². The van der Waals surface area contributed by atoms with Crippen LogP contribution in [0.15, 0.2) is 140 Å². The maximum atomic E-state index is 5.33. The van der Waals surface area contributed by atoms with E-state index in [0.29, 0.717) is 0 Å². The van der Waals surface area contributed by atoms with Gasteiger partial charge in [0.2, 0.25) is 0 Å². The molecule has 0 atom stereocenters. The molecule has 0 N–H and O–H groups in total. The molecular formula is C38H23BN4. The Morgan fingerprint density at radius 1 is 0.372 bits per heavy atom. The first kappa shape index (κ1) is 22.9. The van der Waals surface area contributed by atoms with E-state index in [0.717, 1.165) is 44.9 Å². The minimum absolute atomic E-state index is 0.0302.